The van der Waals surface area contributed by atoms with Crippen molar-refractivity contribution in [2.45, 2.75) is 38.2 Å². The highest BCUT2D eigenvalue weighted by atomic mass is 16.9. The Labute approximate surface area is 101 Å². The standard InChI is InChI=1S/C13H17NO3/c15-12-9-5-2-6-10-13(12)17-14(16)11-7-3-1-4-8-11/h1,3-4,7-8,13,16H,2,5-6,9-10H2. The van der Waals surface area contributed by atoms with Gasteiger partial charge in [0, 0.05) is 6.42 Å². The van der Waals surface area contributed by atoms with Gasteiger partial charge >= 0.3 is 0 Å². The van der Waals surface area contributed by atoms with Gasteiger partial charge in [-0.15, -0.1) is 5.23 Å². The Morgan fingerprint density at radius 3 is 2.71 bits per heavy atom. The Morgan fingerprint density at radius 1 is 1.18 bits per heavy atom. The van der Waals surface area contributed by atoms with Crippen LogP contribution in [0.2, 0.25) is 0 Å². The molecule has 1 aliphatic carbocycles. The number of ketones is 1. The first-order valence-corrected chi connectivity index (χ1v) is 6.01. The summed E-state index contributed by atoms with van der Waals surface area (Å²) in [5.74, 6) is 0.0810. The van der Waals surface area contributed by atoms with E-state index in [4.69, 9.17) is 4.84 Å². The highest BCUT2D eigenvalue weighted by molar-refractivity contribution is 5.83. The molecular formula is C13H17NO3. The van der Waals surface area contributed by atoms with Crippen molar-refractivity contribution in [2.24, 2.45) is 0 Å². The molecule has 0 amide bonds. The van der Waals surface area contributed by atoms with Gasteiger partial charge in [0.05, 0.1) is 5.69 Å². The number of carbonyl (C=O) groups excluding carboxylic acids is 1. The van der Waals surface area contributed by atoms with E-state index >= 15 is 0 Å². The molecule has 2 rings (SSSR count). The largest absolute Gasteiger partial charge is 0.297 e. The smallest absolute Gasteiger partial charge is 0.164 e. The number of carbonyl (C=O) groups is 1. The van der Waals surface area contributed by atoms with Gasteiger partial charge in [0.1, 0.15) is 6.10 Å². The fourth-order valence-corrected chi connectivity index (χ4v) is 1.98. The number of benzene rings is 1. The molecule has 0 radical (unpaired) electrons. The molecular weight excluding hydrogens is 218 g/mol. The molecule has 4 heteroatoms. The van der Waals surface area contributed by atoms with Crippen LogP contribution < -0.4 is 5.23 Å². The normalized spacial score (nSPS) is 21.0. The van der Waals surface area contributed by atoms with Gasteiger partial charge in [0.15, 0.2) is 5.78 Å². The monoisotopic (exact) mass is 235 g/mol. The first-order chi connectivity index (χ1) is 8.27. The predicted molar refractivity (Wildman–Crippen MR) is 63.7 cm³/mol. The zero-order chi connectivity index (χ0) is 12.1. The van der Waals surface area contributed by atoms with Crippen LogP contribution in [0.1, 0.15) is 32.1 Å². The van der Waals surface area contributed by atoms with Crippen molar-refractivity contribution >= 4 is 11.5 Å². The molecule has 92 valence electrons. The van der Waals surface area contributed by atoms with E-state index in [-0.39, 0.29) is 5.78 Å². The number of Topliss-reactive ketones (excluding diaryl/α,β-unsaturated/α-hetero) is 1. The molecule has 0 aromatic heterocycles. The summed E-state index contributed by atoms with van der Waals surface area (Å²) in [6.45, 7) is 0. The van der Waals surface area contributed by atoms with Crippen LogP contribution in [-0.2, 0) is 9.63 Å². The lowest BCUT2D eigenvalue weighted by molar-refractivity contribution is -0.142. The van der Waals surface area contributed by atoms with Gasteiger partial charge in [-0.25, -0.2) is 4.84 Å². The highest BCUT2D eigenvalue weighted by Crippen LogP contribution is 2.20. The number of anilines is 1. The van der Waals surface area contributed by atoms with Gasteiger partial charge < -0.3 is 0 Å². The number of rotatable bonds is 3. The molecule has 1 unspecified atom stereocenters. The topological polar surface area (TPSA) is 49.8 Å². The fourth-order valence-electron chi connectivity index (χ4n) is 1.98. The lowest BCUT2D eigenvalue weighted by Crippen LogP contribution is -2.32. The number of hydrogen-bond donors (Lipinski definition) is 1. The van der Waals surface area contributed by atoms with Gasteiger partial charge in [-0.05, 0) is 25.0 Å². The van der Waals surface area contributed by atoms with Crippen LogP contribution in [0.5, 0.6) is 0 Å². The molecule has 0 bridgehead atoms. The quantitative estimate of drug-likeness (QED) is 0.646. The first kappa shape index (κ1) is 12.1. The average molecular weight is 235 g/mol. The minimum atomic E-state index is -0.511. The zero-order valence-electron chi connectivity index (χ0n) is 9.71. The number of nitrogens with zero attached hydrogens (tertiary/aromatic N) is 1. The SMILES string of the molecule is O=C1CCCCCC1ON(O)c1ccccc1. The summed E-state index contributed by atoms with van der Waals surface area (Å²) in [6, 6.07) is 8.91. The molecule has 0 saturated heterocycles. The van der Waals surface area contributed by atoms with Crippen LogP contribution in [0.4, 0.5) is 5.69 Å². The van der Waals surface area contributed by atoms with Crippen molar-refractivity contribution in [1.82, 2.24) is 0 Å². The lowest BCUT2D eigenvalue weighted by Gasteiger charge is -2.21. The minimum absolute atomic E-state index is 0.0810. The fraction of sp³-hybridized carbons (Fsp3) is 0.462. The molecule has 1 saturated carbocycles. The van der Waals surface area contributed by atoms with Crippen LogP contribution >= 0.6 is 0 Å². The molecule has 17 heavy (non-hydrogen) atoms. The summed E-state index contributed by atoms with van der Waals surface area (Å²) >= 11 is 0. The number of para-hydroxylation sites is 1. The first-order valence-electron chi connectivity index (χ1n) is 6.01. The maximum atomic E-state index is 11.7. The third-order valence-electron chi connectivity index (χ3n) is 2.95. The highest BCUT2D eigenvalue weighted by Gasteiger charge is 2.24. The van der Waals surface area contributed by atoms with Crippen LogP contribution in [0, 0.1) is 0 Å². The van der Waals surface area contributed by atoms with Crippen LogP contribution in [-0.4, -0.2) is 17.1 Å². The Balaban J connectivity index is 1.97. The molecule has 4 nitrogen and oxygen atoms in total. The van der Waals surface area contributed by atoms with Gasteiger partial charge in [0.25, 0.3) is 0 Å². The van der Waals surface area contributed by atoms with Crippen molar-refractivity contribution in [3.63, 3.8) is 0 Å². The van der Waals surface area contributed by atoms with Crippen LogP contribution in [0.3, 0.4) is 0 Å². The van der Waals surface area contributed by atoms with Gasteiger partial charge in [-0.1, -0.05) is 31.0 Å². The van der Waals surface area contributed by atoms with E-state index in [0.29, 0.717) is 23.8 Å². The van der Waals surface area contributed by atoms with Crippen LogP contribution in [0.15, 0.2) is 30.3 Å². The summed E-state index contributed by atoms with van der Waals surface area (Å²) in [6.07, 6.45) is 3.68. The Hall–Kier alpha value is -1.39. The van der Waals surface area contributed by atoms with E-state index in [1.54, 1.807) is 24.3 Å². The van der Waals surface area contributed by atoms with Crippen LogP contribution in [0.25, 0.3) is 0 Å². The van der Waals surface area contributed by atoms with Gasteiger partial charge in [-0.2, -0.15) is 0 Å². The molecule has 1 atom stereocenters. The predicted octanol–water partition coefficient (Wildman–Crippen LogP) is 2.72. The van der Waals surface area contributed by atoms with E-state index in [1.165, 1.54) is 0 Å². The summed E-state index contributed by atoms with van der Waals surface area (Å²) < 4.78 is 0. The van der Waals surface area contributed by atoms with E-state index in [9.17, 15) is 10.0 Å². The summed E-state index contributed by atoms with van der Waals surface area (Å²) in [5, 5.41) is 10.4. The minimum Gasteiger partial charge on any atom is -0.297 e. The maximum absolute atomic E-state index is 11.7. The molecule has 1 aromatic rings. The molecule has 1 N–H and O–H groups in total. The third kappa shape index (κ3) is 3.28. The van der Waals surface area contributed by atoms with E-state index in [2.05, 4.69) is 0 Å². The third-order valence-corrected chi connectivity index (χ3v) is 2.95. The Bertz CT molecular complexity index is 366. The molecule has 1 aromatic carbocycles. The summed E-state index contributed by atoms with van der Waals surface area (Å²) in [4.78, 5) is 17.0. The van der Waals surface area contributed by atoms with Gasteiger partial charge in [0.2, 0.25) is 0 Å². The zero-order valence-corrected chi connectivity index (χ0v) is 9.71. The average Bonchev–Trinajstić information content (AvgIpc) is 2.56. The molecule has 0 heterocycles. The van der Waals surface area contributed by atoms with Crippen molar-refractivity contribution in [1.29, 1.82) is 0 Å². The van der Waals surface area contributed by atoms with Crippen molar-refractivity contribution < 1.29 is 14.8 Å². The second-order valence-corrected chi connectivity index (χ2v) is 4.27. The van der Waals surface area contributed by atoms with Gasteiger partial charge in [-0.3, -0.25) is 10.0 Å². The summed E-state index contributed by atoms with van der Waals surface area (Å²) in [5.41, 5.74) is 0.532. The van der Waals surface area contributed by atoms with E-state index in [1.807, 2.05) is 6.07 Å². The van der Waals surface area contributed by atoms with E-state index < -0.39 is 6.10 Å². The molecule has 0 aliphatic heterocycles. The Kier molecular flexibility index (Phi) is 4.12. The maximum Gasteiger partial charge on any atom is 0.164 e. The Morgan fingerprint density at radius 2 is 1.94 bits per heavy atom. The molecule has 1 aliphatic rings. The second-order valence-electron chi connectivity index (χ2n) is 4.27. The summed E-state index contributed by atoms with van der Waals surface area (Å²) in [7, 11) is 0. The second kappa shape index (κ2) is 5.80. The molecule has 0 spiro atoms. The van der Waals surface area contributed by atoms with E-state index in [0.717, 1.165) is 19.3 Å². The molecule has 1 fully saturated rings. The van der Waals surface area contributed by atoms with Crippen molar-refractivity contribution in [2.75, 3.05) is 5.23 Å². The number of hydrogen-bond acceptors (Lipinski definition) is 4. The lowest BCUT2D eigenvalue weighted by atomic mass is 10.1. The van der Waals surface area contributed by atoms with Crippen molar-refractivity contribution in [3.8, 4) is 0 Å². The van der Waals surface area contributed by atoms with Crippen molar-refractivity contribution in [3.05, 3.63) is 30.3 Å².